The highest BCUT2D eigenvalue weighted by molar-refractivity contribution is 6.31. The molecule has 1 N–H and O–H groups in total. The number of ether oxygens (including phenoxy) is 1. The van der Waals surface area contributed by atoms with Gasteiger partial charge in [0.2, 0.25) is 5.91 Å². The van der Waals surface area contributed by atoms with E-state index in [9.17, 15) is 4.79 Å². The number of aromatic nitrogens is 1. The van der Waals surface area contributed by atoms with Crippen molar-refractivity contribution in [2.45, 2.75) is 19.4 Å². The van der Waals surface area contributed by atoms with Crippen molar-refractivity contribution in [1.29, 1.82) is 0 Å². The van der Waals surface area contributed by atoms with E-state index < -0.39 is 0 Å². The molecule has 1 aliphatic rings. The topological polar surface area (TPSA) is 46.5 Å². The summed E-state index contributed by atoms with van der Waals surface area (Å²) in [5.74, 6) is 0.0789. The quantitative estimate of drug-likeness (QED) is 0.900. The summed E-state index contributed by atoms with van der Waals surface area (Å²) in [7, 11) is 2.03. The van der Waals surface area contributed by atoms with Crippen molar-refractivity contribution in [1.82, 2.24) is 14.8 Å². The SMILES string of the molecule is C[C@@H](C(=O)NCCc1cn(C)c2ccc(Cl)cc12)N1CCOCC1. The van der Waals surface area contributed by atoms with E-state index in [1.165, 1.54) is 5.56 Å². The molecule has 0 saturated carbocycles. The van der Waals surface area contributed by atoms with Gasteiger partial charge in [0.05, 0.1) is 19.3 Å². The lowest BCUT2D eigenvalue weighted by molar-refractivity contribution is -0.127. The lowest BCUT2D eigenvalue weighted by Gasteiger charge is -2.31. The Morgan fingerprint density at radius 3 is 2.88 bits per heavy atom. The summed E-state index contributed by atoms with van der Waals surface area (Å²) in [4.78, 5) is 14.5. The minimum Gasteiger partial charge on any atom is -0.379 e. The number of fused-ring (bicyclic) bond motifs is 1. The van der Waals surface area contributed by atoms with Gasteiger partial charge in [0, 0.05) is 48.8 Å². The molecule has 0 unspecified atom stereocenters. The summed E-state index contributed by atoms with van der Waals surface area (Å²) >= 11 is 6.12. The zero-order valence-electron chi connectivity index (χ0n) is 14.2. The van der Waals surface area contributed by atoms with Gasteiger partial charge < -0.3 is 14.6 Å². The van der Waals surface area contributed by atoms with Crippen molar-refractivity contribution in [3.05, 3.63) is 35.0 Å². The molecule has 1 fully saturated rings. The molecular weight excluding hydrogens is 326 g/mol. The summed E-state index contributed by atoms with van der Waals surface area (Å²) in [6.45, 7) is 5.62. The van der Waals surface area contributed by atoms with Crippen LogP contribution in [0.15, 0.2) is 24.4 Å². The van der Waals surface area contributed by atoms with Gasteiger partial charge in [-0.1, -0.05) is 11.6 Å². The summed E-state index contributed by atoms with van der Waals surface area (Å²) in [5.41, 5.74) is 2.36. The van der Waals surface area contributed by atoms with Crippen molar-refractivity contribution < 1.29 is 9.53 Å². The van der Waals surface area contributed by atoms with Crippen LogP contribution in [0.5, 0.6) is 0 Å². The second-order valence-electron chi connectivity index (χ2n) is 6.29. The average molecular weight is 350 g/mol. The van der Waals surface area contributed by atoms with Crippen molar-refractivity contribution >= 4 is 28.4 Å². The standard InChI is InChI=1S/C18H24ClN3O2/c1-13(22-7-9-24-10-8-22)18(23)20-6-5-14-12-21(2)17-4-3-15(19)11-16(14)17/h3-4,11-13H,5-10H2,1-2H3,(H,20,23)/t13-/m0/s1. The molecule has 0 radical (unpaired) electrons. The number of morpholine rings is 1. The van der Waals surface area contributed by atoms with Crippen LogP contribution in [0.1, 0.15) is 12.5 Å². The normalized spacial score (nSPS) is 17.1. The van der Waals surface area contributed by atoms with E-state index in [0.717, 1.165) is 35.4 Å². The molecule has 1 aromatic heterocycles. The van der Waals surface area contributed by atoms with E-state index in [1.54, 1.807) is 0 Å². The van der Waals surface area contributed by atoms with Crippen molar-refractivity contribution in [3.8, 4) is 0 Å². The summed E-state index contributed by atoms with van der Waals surface area (Å²) in [6.07, 6.45) is 2.90. The van der Waals surface area contributed by atoms with Crippen LogP contribution in [-0.4, -0.2) is 54.3 Å². The first-order valence-corrected chi connectivity index (χ1v) is 8.77. The highest BCUT2D eigenvalue weighted by Gasteiger charge is 2.22. The molecule has 1 atom stereocenters. The van der Waals surface area contributed by atoms with Gasteiger partial charge in [-0.25, -0.2) is 0 Å². The monoisotopic (exact) mass is 349 g/mol. The molecule has 1 saturated heterocycles. The lowest BCUT2D eigenvalue weighted by atomic mass is 10.1. The van der Waals surface area contributed by atoms with Crippen molar-refractivity contribution in [2.24, 2.45) is 7.05 Å². The van der Waals surface area contributed by atoms with Gasteiger partial charge in [-0.3, -0.25) is 9.69 Å². The van der Waals surface area contributed by atoms with E-state index in [-0.39, 0.29) is 11.9 Å². The van der Waals surface area contributed by atoms with E-state index in [1.807, 2.05) is 32.2 Å². The minimum absolute atomic E-state index is 0.0789. The fourth-order valence-corrected chi connectivity index (χ4v) is 3.42. The number of nitrogens with one attached hydrogen (secondary N) is 1. The number of aryl methyl sites for hydroxylation is 1. The van der Waals surface area contributed by atoms with Crippen LogP contribution in [0.3, 0.4) is 0 Å². The summed E-state index contributed by atoms with van der Waals surface area (Å²) in [5, 5.41) is 4.94. The molecule has 0 bridgehead atoms. The number of hydrogen-bond donors (Lipinski definition) is 1. The number of amides is 1. The number of rotatable bonds is 5. The summed E-state index contributed by atoms with van der Waals surface area (Å²) in [6, 6.07) is 5.81. The second-order valence-corrected chi connectivity index (χ2v) is 6.73. The van der Waals surface area contributed by atoms with E-state index in [0.29, 0.717) is 19.8 Å². The van der Waals surface area contributed by atoms with Gasteiger partial charge in [-0.05, 0) is 37.1 Å². The molecule has 130 valence electrons. The number of carbonyl (C=O) groups is 1. The maximum atomic E-state index is 12.3. The number of carbonyl (C=O) groups excluding carboxylic acids is 1. The number of hydrogen-bond acceptors (Lipinski definition) is 3. The number of halogens is 1. The first-order valence-electron chi connectivity index (χ1n) is 8.39. The first kappa shape index (κ1) is 17.3. The van der Waals surface area contributed by atoms with Gasteiger partial charge in [-0.15, -0.1) is 0 Å². The molecule has 0 aliphatic carbocycles. The largest absolute Gasteiger partial charge is 0.379 e. The Morgan fingerprint density at radius 1 is 1.38 bits per heavy atom. The van der Waals surface area contributed by atoms with Crippen molar-refractivity contribution in [3.63, 3.8) is 0 Å². The van der Waals surface area contributed by atoms with Crippen LogP contribution in [0.2, 0.25) is 5.02 Å². The molecular formula is C18H24ClN3O2. The van der Waals surface area contributed by atoms with Crippen LogP contribution in [0.25, 0.3) is 10.9 Å². The van der Waals surface area contributed by atoms with Crippen LogP contribution in [0, 0.1) is 0 Å². The number of benzene rings is 1. The third-order valence-electron chi connectivity index (χ3n) is 4.70. The minimum atomic E-state index is -0.115. The third kappa shape index (κ3) is 3.74. The molecule has 3 rings (SSSR count). The Labute approximate surface area is 147 Å². The Balaban J connectivity index is 1.58. The Kier molecular flexibility index (Phi) is 5.43. The molecule has 1 amide bonds. The maximum Gasteiger partial charge on any atom is 0.237 e. The zero-order valence-corrected chi connectivity index (χ0v) is 15.0. The van der Waals surface area contributed by atoms with Crippen LogP contribution >= 0.6 is 11.6 Å². The van der Waals surface area contributed by atoms with E-state index >= 15 is 0 Å². The maximum absolute atomic E-state index is 12.3. The fourth-order valence-electron chi connectivity index (χ4n) is 3.24. The second kappa shape index (κ2) is 7.55. The Bertz CT molecular complexity index is 722. The zero-order chi connectivity index (χ0) is 17.1. The highest BCUT2D eigenvalue weighted by Crippen LogP contribution is 2.24. The van der Waals surface area contributed by atoms with Gasteiger partial charge in [0.25, 0.3) is 0 Å². The average Bonchev–Trinajstić information content (AvgIpc) is 2.90. The molecule has 2 aromatic rings. The van der Waals surface area contributed by atoms with E-state index in [2.05, 4.69) is 21.0 Å². The fraction of sp³-hybridized carbons (Fsp3) is 0.500. The molecule has 0 spiro atoms. The van der Waals surface area contributed by atoms with Gasteiger partial charge >= 0.3 is 0 Å². The molecule has 24 heavy (non-hydrogen) atoms. The Morgan fingerprint density at radius 2 is 2.12 bits per heavy atom. The van der Waals surface area contributed by atoms with Crippen LogP contribution in [-0.2, 0) is 23.0 Å². The molecule has 1 aliphatic heterocycles. The predicted octanol–water partition coefficient (Wildman–Crippen LogP) is 2.21. The van der Waals surface area contributed by atoms with Gasteiger partial charge in [0.1, 0.15) is 0 Å². The molecule has 5 nitrogen and oxygen atoms in total. The Hall–Kier alpha value is -1.56. The lowest BCUT2D eigenvalue weighted by Crippen LogP contribution is -2.49. The third-order valence-corrected chi connectivity index (χ3v) is 4.94. The van der Waals surface area contributed by atoms with Crippen LogP contribution < -0.4 is 5.32 Å². The highest BCUT2D eigenvalue weighted by atomic mass is 35.5. The molecule has 1 aromatic carbocycles. The van der Waals surface area contributed by atoms with Crippen molar-refractivity contribution in [2.75, 3.05) is 32.8 Å². The predicted molar refractivity (Wildman–Crippen MR) is 96.5 cm³/mol. The molecule has 6 heteroatoms. The van der Waals surface area contributed by atoms with Crippen LogP contribution in [0.4, 0.5) is 0 Å². The van der Waals surface area contributed by atoms with Gasteiger partial charge in [0.15, 0.2) is 0 Å². The van der Waals surface area contributed by atoms with Gasteiger partial charge in [-0.2, -0.15) is 0 Å². The molecule has 2 heterocycles. The summed E-state index contributed by atoms with van der Waals surface area (Å²) < 4.78 is 7.43. The van der Waals surface area contributed by atoms with E-state index in [4.69, 9.17) is 16.3 Å². The smallest absolute Gasteiger partial charge is 0.237 e. The first-order chi connectivity index (χ1) is 11.6. The number of nitrogens with zero attached hydrogens (tertiary/aromatic N) is 2.